The van der Waals surface area contributed by atoms with Gasteiger partial charge < -0.3 is 10.3 Å². The van der Waals surface area contributed by atoms with E-state index < -0.39 is 5.82 Å². The Morgan fingerprint density at radius 1 is 1.50 bits per heavy atom. The van der Waals surface area contributed by atoms with E-state index >= 15 is 0 Å². The number of hydrogen-bond acceptors (Lipinski definition) is 3. The number of hydrogen-bond donors (Lipinski definition) is 1. The smallest absolute Gasteiger partial charge is 0.201 e. The van der Waals surface area contributed by atoms with Gasteiger partial charge in [-0.25, -0.2) is 9.37 Å². The molecule has 0 radical (unpaired) electrons. The average Bonchev–Trinajstić information content (AvgIpc) is 2.95. The van der Waals surface area contributed by atoms with E-state index in [9.17, 15) is 4.39 Å². The Morgan fingerprint density at radius 3 is 3.05 bits per heavy atom. The highest BCUT2D eigenvalue weighted by Crippen LogP contribution is 2.40. The van der Waals surface area contributed by atoms with Crippen LogP contribution in [0.1, 0.15) is 32.2 Å². The van der Waals surface area contributed by atoms with Crippen molar-refractivity contribution in [1.82, 2.24) is 9.55 Å². The average molecular weight is 314 g/mol. The summed E-state index contributed by atoms with van der Waals surface area (Å²) in [5.41, 5.74) is 7.45. The normalized spacial score (nSPS) is 22.8. The van der Waals surface area contributed by atoms with Crippen LogP contribution in [0.5, 0.6) is 0 Å². The van der Waals surface area contributed by atoms with E-state index in [1.807, 2.05) is 16.3 Å². The molecule has 1 aliphatic carbocycles. The second-order valence-electron chi connectivity index (χ2n) is 5.14. The molecule has 2 unspecified atom stereocenters. The molecule has 2 atom stereocenters. The van der Waals surface area contributed by atoms with Crippen molar-refractivity contribution in [2.75, 3.05) is 11.5 Å². The molecular weight excluding hydrogens is 297 g/mol. The number of imidazole rings is 1. The highest BCUT2D eigenvalue weighted by Gasteiger charge is 2.28. The molecule has 108 valence electrons. The maximum atomic E-state index is 13.7. The number of nitrogen functional groups attached to an aromatic ring is 1. The maximum absolute atomic E-state index is 13.7. The van der Waals surface area contributed by atoms with Crippen LogP contribution in [0.15, 0.2) is 12.1 Å². The van der Waals surface area contributed by atoms with Crippen molar-refractivity contribution in [3.05, 3.63) is 23.0 Å². The molecule has 20 heavy (non-hydrogen) atoms. The summed E-state index contributed by atoms with van der Waals surface area (Å²) in [4.78, 5) is 4.31. The van der Waals surface area contributed by atoms with E-state index in [4.69, 9.17) is 17.3 Å². The zero-order valence-corrected chi connectivity index (χ0v) is 12.8. The first-order valence-corrected chi connectivity index (χ1v) is 8.27. The summed E-state index contributed by atoms with van der Waals surface area (Å²) in [5, 5.41) is 0.756. The van der Waals surface area contributed by atoms with Gasteiger partial charge in [-0.3, -0.25) is 0 Å². The SMILES string of the molecule is CCSC1CCC(n2c(N)nc3cc(Cl)c(F)cc32)C1. The van der Waals surface area contributed by atoms with Gasteiger partial charge in [0.15, 0.2) is 0 Å². The molecular formula is C14H17ClFN3S. The monoisotopic (exact) mass is 313 g/mol. The van der Waals surface area contributed by atoms with Crippen molar-refractivity contribution in [2.24, 2.45) is 0 Å². The Hall–Kier alpha value is -0.940. The van der Waals surface area contributed by atoms with Crippen molar-refractivity contribution in [3.8, 4) is 0 Å². The first-order valence-electron chi connectivity index (χ1n) is 6.84. The minimum absolute atomic E-state index is 0.0907. The number of rotatable bonds is 3. The summed E-state index contributed by atoms with van der Waals surface area (Å²) in [5.74, 6) is 1.16. The van der Waals surface area contributed by atoms with Gasteiger partial charge in [0.25, 0.3) is 0 Å². The number of benzene rings is 1. The number of nitrogens with two attached hydrogens (primary N) is 1. The van der Waals surface area contributed by atoms with Gasteiger partial charge in [-0.1, -0.05) is 18.5 Å². The number of aromatic nitrogens is 2. The fourth-order valence-electron chi connectivity index (χ4n) is 3.03. The lowest BCUT2D eigenvalue weighted by Crippen LogP contribution is -2.10. The fourth-order valence-corrected chi connectivity index (χ4v) is 4.32. The van der Waals surface area contributed by atoms with Gasteiger partial charge in [0.1, 0.15) is 5.82 Å². The third-order valence-corrected chi connectivity index (χ3v) is 5.41. The summed E-state index contributed by atoms with van der Waals surface area (Å²) >= 11 is 7.79. The zero-order chi connectivity index (χ0) is 14.3. The molecule has 3 rings (SSSR count). The molecule has 0 aliphatic heterocycles. The van der Waals surface area contributed by atoms with Gasteiger partial charge in [0, 0.05) is 17.4 Å². The number of fused-ring (bicyclic) bond motifs is 1. The number of halogens is 2. The van der Waals surface area contributed by atoms with Crippen LogP contribution in [-0.4, -0.2) is 20.6 Å². The number of thioether (sulfide) groups is 1. The molecule has 1 aromatic heterocycles. The Morgan fingerprint density at radius 2 is 2.30 bits per heavy atom. The number of anilines is 1. The van der Waals surface area contributed by atoms with Crippen molar-refractivity contribution < 1.29 is 4.39 Å². The van der Waals surface area contributed by atoms with Crippen LogP contribution in [0.4, 0.5) is 10.3 Å². The molecule has 0 spiro atoms. The molecule has 3 nitrogen and oxygen atoms in total. The molecule has 6 heteroatoms. The van der Waals surface area contributed by atoms with E-state index in [-0.39, 0.29) is 5.02 Å². The molecule has 2 N–H and O–H groups in total. The second kappa shape index (κ2) is 5.45. The van der Waals surface area contributed by atoms with Crippen LogP contribution in [0.3, 0.4) is 0 Å². The lowest BCUT2D eigenvalue weighted by molar-refractivity contribution is 0.539. The van der Waals surface area contributed by atoms with Gasteiger partial charge in [0.05, 0.1) is 16.1 Å². The third kappa shape index (κ3) is 2.37. The molecule has 0 amide bonds. The minimum Gasteiger partial charge on any atom is -0.369 e. The van der Waals surface area contributed by atoms with E-state index in [0.29, 0.717) is 22.8 Å². The Balaban J connectivity index is 1.99. The summed E-state index contributed by atoms with van der Waals surface area (Å²) < 4.78 is 15.7. The topological polar surface area (TPSA) is 43.8 Å². The molecule has 0 saturated heterocycles. The molecule has 1 aliphatic rings. The molecule has 1 aromatic carbocycles. The Labute approximate surface area is 126 Å². The summed E-state index contributed by atoms with van der Waals surface area (Å²) in [6, 6.07) is 3.30. The third-order valence-electron chi connectivity index (χ3n) is 3.88. The largest absolute Gasteiger partial charge is 0.369 e. The van der Waals surface area contributed by atoms with Crippen molar-refractivity contribution in [2.45, 2.75) is 37.5 Å². The lowest BCUT2D eigenvalue weighted by atomic mass is 10.2. The highest BCUT2D eigenvalue weighted by molar-refractivity contribution is 7.99. The van der Waals surface area contributed by atoms with Crippen LogP contribution < -0.4 is 5.73 Å². The molecule has 2 aromatic rings. The first-order chi connectivity index (χ1) is 9.60. The van der Waals surface area contributed by atoms with Gasteiger partial charge >= 0.3 is 0 Å². The predicted octanol–water partition coefficient (Wildman–Crippen LogP) is 4.26. The minimum atomic E-state index is -0.419. The maximum Gasteiger partial charge on any atom is 0.201 e. The van der Waals surface area contributed by atoms with Gasteiger partial charge in [-0.15, -0.1) is 0 Å². The van der Waals surface area contributed by atoms with Crippen LogP contribution >= 0.6 is 23.4 Å². The van der Waals surface area contributed by atoms with Crippen molar-refractivity contribution >= 4 is 40.3 Å². The van der Waals surface area contributed by atoms with E-state index in [1.165, 1.54) is 12.5 Å². The van der Waals surface area contributed by atoms with Crippen LogP contribution in [0.2, 0.25) is 5.02 Å². The predicted molar refractivity (Wildman–Crippen MR) is 83.9 cm³/mol. The molecule has 1 fully saturated rings. The van der Waals surface area contributed by atoms with Crippen molar-refractivity contribution in [3.63, 3.8) is 0 Å². The van der Waals surface area contributed by atoms with Crippen LogP contribution in [0.25, 0.3) is 11.0 Å². The molecule has 1 heterocycles. The second-order valence-corrected chi connectivity index (χ2v) is 7.12. The van der Waals surface area contributed by atoms with E-state index in [0.717, 1.165) is 24.1 Å². The van der Waals surface area contributed by atoms with Gasteiger partial charge in [-0.05, 0) is 31.1 Å². The van der Waals surface area contributed by atoms with E-state index in [1.54, 1.807) is 6.07 Å². The van der Waals surface area contributed by atoms with Crippen molar-refractivity contribution in [1.29, 1.82) is 0 Å². The summed E-state index contributed by atoms with van der Waals surface area (Å²) in [7, 11) is 0. The molecule has 1 saturated carbocycles. The Kier molecular flexibility index (Phi) is 3.82. The van der Waals surface area contributed by atoms with E-state index in [2.05, 4.69) is 11.9 Å². The van der Waals surface area contributed by atoms with Crippen LogP contribution in [0, 0.1) is 5.82 Å². The summed E-state index contributed by atoms with van der Waals surface area (Å²) in [6.45, 7) is 2.18. The number of nitrogens with zero attached hydrogens (tertiary/aromatic N) is 2. The zero-order valence-electron chi connectivity index (χ0n) is 11.3. The van der Waals surface area contributed by atoms with Gasteiger partial charge in [-0.2, -0.15) is 11.8 Å². The van der Waals surface area contributed by atoms with Crippen LogP contribution in [-0.2, 0) is 0 Å². The first kappa shape index (κ1) is 14.0. The standard InChI is InChI=1S/C14H17ClFN3S/c1-2-20-9-4-3-8(5-9)19-13-7-11(16)10(15)6-12(13)18-14(19)17/h6-9H,2-5H2,1H3,(H2,17,18). The van der Waals surface area contributed by atoms with Gasteiger partial charge in [0.2, 0.25) is 5.95 Å². The fraction of sp³-hybridized carbons (Fsp3) is 0.500. The summed E-state index contributed by atoms with van der Waals surface area (Å²) in [6.07, 6.45) is 3.31. The quantitative estimate of drug-likeness (QED) is 0.921. The highest BCUT2D eigenvalue weighted by atomic mass is 35.5. The molecule has 0 bridgehead atoms. The lowest BCUT2D eigenvalue weighted by Gasteiger charge is -2.15. The Bertz CT molecular complexity index is 643.